The van der Waals surface area contributed by atoms with Gasteiger partial charge in [-0.3, -0.25) is 5.73 Å². The highest BCUT2D eigenvalue weighted by Crippen LogP contribution is 2.12. The lowest BCUT2D eigenvalue weighted by Gasteiger charge is -2.15. The lowest BCUT2D eigenvalue weighted by atomic mass is 10.2. The highest BCUT2D eigenvalue weighted by molar-refractivity contribution is 5.68. The standard InChI is InChI=1S/C9H10N4O/c10-9(7-11-13-12-9)14-6-8-4-2-1-3-5-8/h1-5,7H,6,10H2. The third kappa shape index (κ3) is 2.01. The number of nitrogens with zero attached hydrogens (tertiary/aromatic N) is 3. The minimum Gasteiger partial charge on any atom is -0.331 e. The molecular weight excluding hydrogens is 180 g/mol. The van der Waals surface area contributed by atoms with Crippen molar-refractivity contribution in [3.05, 3.63) is 35.9 Å². The lowest BCUT2D eigenvalue weighted by molar-refractivity contribution is 0.00810. The first-order valence-electron chi connectivity index (χ1n) is 4.22. The second-order valence-electron chi connectivity index (χ2n) is 2.96. The number of benzene rings is 1. The molecule has 5 nitrogen and oxygen atoms in total. The van der Waals surface area contributed by atoms with Crippen LogP contribution in [0.5, 0.6) is 0 Å². The van der Waals surface area contributed by atoms with Crippen LogP contribution in [0.3, 0.4) is 0 Å². The molecule has 0 fully saturated rings. The summed E-state index contributed by atoms with van der Waals surface area (Å²) in [5, 5.41) is 10.6. The maximum atomic E-state index is 5.67. The summed E-state index contributed by atoms with van der Waals surface area (Å²) < 4.78 is 5.34. The van der Waals surface area contributed by atoms with E-state index in [1.54, 1.807) is 0 Å². The van der Waals surface area contributed by atoms with E-state index in [9.17, 15) is 0 Å². The molecule has 2 N–H and O–H groups in total. The van der Waals surface area contributed by atoms with Gasteiger partial charge in [0, 0.05) is 0 Å². The van der Waals surface area contributed by atoms with Crippen LogP contribution in [0.1, 0.15) is 5.56 Å². The van der Waals surface area contributed by atoms with Gasteiger partial charge in [0.25, 0.3) is 5.85 Å². The third-order valence-electron chi connectivity index (χ3n) is 1.81. The molecule has 0 bridgehead atoms. The summed E-state index contributed by atoms with van der Waals surface area (Å²) in [4.78, 5) is 0. The van der Waals surface area contributed by atoms with E-state index in [2.05, 4.69) is 15.4 Å². The Morgan fingerprint density at radius 1 is 1.29 bits per heavy atom. The SMILES string of the molecule is NC1(OCc2ccccc2)C=NN=N1. The molecule has 1 aromatic rings. The Hall–Kier alpha value is -1.59. The second kappa shape index (κ2) is 3.65. The Balaban J connectivity index is 1.95. The molecule has 0 saturated heterocycles. The molecule has 72 valence electrons. The molecule has 1 unspecified atom stereocenters. The van der Waals surface area contributed by atoms with E-state index < -0.39 is 5.85 Å². The van der Waals surface area contributed by atoms with Gasteiger partial charge in [-0.05, 0) is 10.8 Å². The molecule has 1 heterocycles. The van der Waals surface area contributed by atoms with Crippen molar-refractivity contribution in [3.8, 4) is 0 Å². The molecule has 14 heavy (non-hydrogen) atoms. The van der Waals surface area contributed by atoms with E-state index in [4.69, 9.17) is 10.5 Å². The van der Waals surface area contributed by atoms with Gasteiger partial charge in [0.2, 0.25) is 0 Å². The fourth-order valence-electron chi connectivity index (χ4n) is 1.07. The summed E-state index contributed by atoms with van der Waals surface area (Å²) >= 11 is 0. The monoisotopic (exact) mass is 190 g/mol. The van der Waals surface area contributed by atoms with Gasteiger partial charge in [0.15, 0.2) is 0 Å². The van der Waals surface area contributed by atoms with E-state index in [1.807, 2.05) is 30.3 Å². The summed E-state index contributed by atoms with van der Waals surface area (Å²) in [6.45, 7) is 0.391. The van der Waals surface area contributed by atoms with E-state index in [0.29, 0.717) is 6.61 Å². The number of rotatable bonds is 3. The second-order valence-corrected chi connectivity index (χ2v) is 2.96. The Morgan fingerprint density at radius 2 is 2.07 bits per heavy atom. The zero-order chi connectivity index (χ0) is 9.86. The van der Waals surface area contributed by atoms with Crippen molar-refractivity contribution in [1.29, 1.82) is 0 Å². The van der Waals surface area contributed by atoms with Crippen molar-refractivity contribution in [2.24, 2.45) is 21.2 Å². The highest BCUT2D eigenvalue weighted by atomic mass is 16.5. The van der Waals surface area contributed by atoms with Crippen molar-refractivity contribution in [2.45, 2.75) is 12.5 Å². The maximum absolute atomic E-state index is 5.67. The van der Waals surface area contributed by atoms with Crippen LogP contribution in [-0.2, 0) is 11.3 Å². The van der Waals surface area contributed by atoms with Crippen LogP contribution in [0.4, 0.5) is 0 Å². The predicted molar refractivity (Wildman–Crippen MR) is 51.5 cm³/mol. The van der Waals surface area contributed by atoms with Gasteiger partial charge in [-0.1, -0.05) is 30.3 Å². The first-order chi connectivity index (χ1) is 6.79. The van der Waals surface area contributed by atoms with Crippen LogP contribution in [-0.4, -0.2) is 12.1 Å². The minimum atomic E-state index is -1.18. The average Bonchev–Trinajstić information content (AvgIpc) is 2.65. The average molecular weight is 190 g/mol. The van der Waals surface area contributed by atoms with E-state index in [-0.39, 0.29) is 0 Å². The topological polar surface area (TPSA) is 72.3 Å². The molecule has 1 atom stereocenters. The summed E-state index contributed by atoms with van der Waals surface area (Å²) in [7, 11) is 0. The van der Waals surface area contributed by atoms with Gasteiger partial charge in [-0.15, -0.1) is 10.2 Å². The van der Waals surface area contributed by atoms with E-state index >= 15 is 0 Å². The predicted octanol–water partition coefficient (Wildman–Crippen LogP) is 1.27. The quantitative estimate of drug-likeness (QED) is 0.729. The fourth-order valence-corrected chi connectivity index (χ4v) is 1.07. The van der Waals surface area contributed by atoms with Gasteiger partial charge in [0.05, 0.1) is 6.61 Å². The summed E-state index contributed by atoms with van der Waals surface area (Å²) in [5.74, 6) is -1.18. The molecule has 0 radical (unpaired) electrons. The zero-order valence-electron chi connectivity index (χ0n) is 7.50. The van der Waals surface area contributed by atoms with Crippen LogP contribution >= 0.6 is 0 Å². The maximum Gasteiger partial charge on any atom is 0.274 e. The molecule has 0 aliphatic carbocycles. The van der Waals surface area contributed by atoms with Crippen molar-refractivity contribution in [1.82, 2.24) is 0 Å². The van der Waals surface area contributed by atoms with E-state index in [0.717, 1.165) is 5.56 Å². The van der Waals surface area contributed by atoms with Gasteiger partial charge < -0.3 is 4.74 Å². The molecule has 1 aliphatic rings. The molecule has 1 aliphatic heterocycles. The number of ether oxygens (including phenoxy) is 1. The Kier molecular flexibility index (Phi) is 2.34. The molecule has 1 aromatic carbocycles. The van der Waals surface area contributed by atoms with Gasteiger partial charge in [0.1, 0.15) is 6.21 Å². The summed E-state index contributed by atoms with van der Waals surface area (Å²) in [6.07, 6.45) is 1.37. The minimum absolute atomic E-state index is 0.391. The molecule has 0 amide bonds. The third-order valence-corrected chi connectivity index (χ3v) is 1.81. The molecule has 5 heteroatoms. The molecule has 0 saturated carbocycles. The molecule has 0 spiro atoms. The first-order valence-corrected chi connectivity index (χ1v) is 4.22. The van der Waals surface area contributed by atoms with Crippen LogP contribution in [0.25, 0.3) is 0 Å². The van der Waals surface area contributed by atoms with Gasteiger partial charge in [-0.2, -0.15) is 0 Å². The van der Waals surface area contributed by atoms with E-state index in [1.165, 1.54) is 6.21 Å². The lowest BCUT2D eigenvalue weighted by Crippen LogP contribution is -2.40. The van der Waals surface area contributed by atoms with Crippen LogP contribution < -0.4 is 5.73 Å². The van der Waals surface area contributed by atoms with Crippen LogP contribution in [0.2, 0.25) is 0 Å². The number of hydrogen-bond acceptors (Lipinski definition) is 5. The molecule has 0 aromatic heterocycles. The normalized spacial score (nSPS) is 24.4. The summed E-state index contributed by atoms with van der Waals surface area (Å²) in [6, 6.07) is 9.72. The fraction of sp³-hybridized carbons (Fsp3) is 0.222. The van der Waals surface area contributed by atoms with Crippen LogP contribution in [0.15, 0.2) is 45.8 Å². The van der Waals surface area contributed by atoms with Crippen LogP contribution in [0, 0.1) is 0 Å². The van der Waals surface area contributed by atoms with Gasteiger partial charge >= 0.3 is 0 Å². The summed E-state index contributed by atoms with van der Waals surface area (Å²) in [5.41, 5.74) is 6.71. The number of nitrogens with two attached hydrogens (primary N) is 1. The Morgan fingerprint density at radius 3 is 2.71 bits per heavy atom. The number of hydrogen-bond donors (Lipinski definition) is 1. The smallest absolute Gasteiger partial charge is 0.274 e. The van der Waals surface area contributed by atoms with Crippen molar-refractivity contribution in [2.75, 3.05) is 0 Å². The largest absolute Gasteiger partial charge is 0.331 e. The Labute approximate surface area is 81.3 Å². The Bertz CT molecular complexity index is 348. The van der Waals surface area contributed by atoms with Gasteiger partial charge in [-0.25, -0.2) is 0 Å². The van der Waals surface area contributed by atoms with Crippen molar-refractivity contribution in [3.63, 3.8) is 0 Å². The zero-order valence-corrected chi connectivity index (χ0v) is 7.50. The first kappa shape index (κ1) is 8.98. The van der Waals surface area contributed by atoms with Crippen molar-refractivity contribution >= 4 is 6.21 Å². The van der Waals surface area contributed by atoms with Crippen molar-refractivity contribution < 1.29 is 4.74 Å². The molecular formula is C9H10N4O. The highest BCUT2D eigenvalue weighted by Gasteiger charge is 2.26. The molecule has 2 rings (SSSR count).